The summed E-state index contributed by atoms with van der Waals surface area (Å²) in [5, 5.41) is 8.65. The minimum absolute atomic E-state index is 0.250. The second-order valence-corrected chi connectivity index (χ2v) is 0.566. The largest absolute Gasteiger partial charge is 0.397 e. The van der Waals surface area contributed by atoms with Crippen molar-refractivity contribution in [2.45, 2.75) is 6.92 Å². The van der Waals surface area contributed by atoms with Crippen molar-refractivity contribution in [1.29, 1.82) is 0 Å². The summed E-state index contributed by atoms with van der Waals surface area (Å²) in [5.41, 5.74) is 0. The Balaban J connectivity index is 0. The van der Waals surface area contributed by atoms with E-state index in [9.17, 15) is 0 Å². The van der Waals surface area contributed by atoms with Gasteiger partial charge < -0.3 is 5.11 Å². The molecule has 0 amide bonds. The van der Waals surface area contributed by atoms with Gasteiger partial charge in [0.2, 0.25) is 5.23 Å². The number of hydrogen-bond acceptors (Lipinski definition) is 3. The molecule has 0 fully saturated rings. The fourth-order valence-corrected chi connectivity index (χ4v) is 0. The second-order valence-electron chi connectivity index (χ2n) is 0.400. The average Bonchev–Trinajstić information content (AvgIpc) is 1.39. The summed E-state index contributed by atoms with van der Waals surface area (Å²) in [7, 11) is 0. The molecule has 0 aromatic rings. The van der Waals surface area contributed by atoms with Gasteiger partial charge in [0.15, 0.2) is 0 Å². The van der Waals surface area contributed by atoms with Crippen molar-refractivity contribution in [3.63, 3.8) is 0 Å². The first kappa shape index (κ1) is 9.23. The maximum atomic E-state index is 8.50. The molecule has 2 nitrogen and oxygen atoms in total. The van der Waals surface area contributed by atoms with E-state index in [1.165, 1.54) is 0 Å². The maximum absolute atomic E-state index is 8.50. The van der Waals surface area contributed by atoms with Gasteiger partial charge in [-0.05, 0) is 6.92 Å². The van der Waals surface area contributed by atoms with Gasteiger partial charge in [-0.25, -0.2) is 4.79 Å². The Bertz CT molecular complexity index is 38.1. The standard InChI is InChI=1S/C2H6O.COS/c1-2-3;2-1-3/h3H,2H2,1H3;. The Hall–Kier alpha value is -0.240. The van der Waals surface area contributed by atoms with Crippen LogP contribution in [0.25, 0.3) is 0 Å². The monoisotopic (exact) mass is 106 g/mol. The third-order valence-corrected chi connectivity index (χ3v) is 0. The molecular weight excluding hydrogens is 100 g/mol. The molecule has 0 saturated heterocycles. The fourth-order valence-electron chi connectivity index (χ4n) is 0. The van der Waals surface area contributed by atoms with Crippen molar-refractivity contribution in [3.05, 3.63) is 0 Å². The molecule has 0 rings (SSSR count). The lowest BCUT2D eigenvalue weighted by atomic mass is 10.9. The van der Waals surface area contributed by atoms with Crippen molar-refractivity contribution >= 4 is 17.5 Å². The SMILES string of the molecule is CCO.O=C=S. The van der Waals surface area contributed by atoms with Crippen LogP contribution in [0.1, 0.15) is 6.92 Å². The third kappa shape index (κ3) is 497. The Labute approximate surface area is 41.8 Å². The molecule has 0 aliphatic rings. The topological polar surface area (TPSA) is 37.3 Å². The van der Waals surface area contributed by atoms with Crippen LogP contribution in [0.2, 0.25) is 0 Å². The Morgan fingerprint density at radius 2 is 2.00 bits per heavy atom. The molecule has 6 heavy (non-hydrogen) atoms. The zero-order valence-corrected chi connectivity index (χ0v) is 4.29. The summed E-state index contributed by atoms with van der Waals surface area (Å²) in [6, 6.07) is 0. The molecule has 0 spiro atoms. The summed E-state index contributed by atoms with van der Waals surface area (Å²) < 4.78 is 0. The van der Waals surface area contributed by atoms with Crippen LogP contribution in [0.15, 0.2) is 0 Å². The van der Waals surface area contributed by atoms with E-state index in [0.717, 1.165) is 5.23 Å². The number of hydrogen-bond donors (Lipinski definition) is 1. The van der Waals surface area contributed by atoms with Gasteiger partial charge in [-0.15, -0.1) is 0 Å². The molecule has 3 heteroatoms. The highest BCUT2D eigenvalue weighted by atomic mass is 32.1. The molecule has 0 aromatic carbocycles. The predicted molar refractivity (Wildman–Crippen MR) is 26.0 cm³/mol. The zero-order valence-electron chi connectivity index (χ0n) is 3.47. The molecule has 0 aromatic heterocycles. The van der Waals surface area contributed by atoms with E-state index in [-0.39, 0.29) is 6.61 Å². The van der Waals surface area contributed by atoms with E-state index in [1.807, 2.05) is 0 Å². The second kappa shape index (κ2) is 21.7. The molecule has 0 radical (unpaired) electrons. The normalized spacial score (nSPS) is 4.33. The third-order valence-electron chi connectivity index (χ3n) is 0. The van der Waals surface area contributed by atoms with Gasteiger partial charge in [0, 0.05) is 18.8 Å². The van der Waals surface area contributed by atoms with Crippen LogP contribution < -0.4 is 0 Å². The quantitative estimate of drug-likeness (QED) is 0.450. The summed E-state index contributed by atoms with van der Waals surface area (Å²) in [6.07, 6.45) is 0. The first-order chi connectivity index (χ1) is 2.83. The van der Waals surface area contributed by atoms with Crippen LogP contribution in [0.5, 0.6) is 0 Å². The number of carbonyl (C=O) groups excluding carboxylic acids is 1. The van der Waals surface area contributed by atoms with E-state index in [0.29, 0.717) is 0 Å². The summed E-state index contributed by atoms with van der Waals surface area (Å²) in [6.45, 7) is 1.93. The number of rotatable bonds is 0. The number of aliphatic hydroxyl groups excluding tert-OH is 1. The lowest BCUT2D eigenvalue weighted by Crippen LogP contribution is -1.57. The molecule has 0 saturated carbocycles. The van der Waals surface area contributed by atoms with E-state index < -0.39 is 0 Å². The lowest BCUT2D eigenvalue weighted by Gasteiger charge is -1.52. The van der Waals surface area contributed by atoms with Gasteiger partial charge in [0.1, 0.15) is 0 Å². The highest BCUT2D eigenvalue weighted by Crippen LogP contribution is 1.30. The summed E-state index contributed by atoms with van der Waals surface area (Å²) in [5.74, 6) is 0. The molecule has 0 aliphatic carbocycles. The van der Waals surface area contributed by atoms with Gasteiger partial charge in [-0.1, -0.05) is 0 Å². The smallest absolute Gasteiger partial charge is 0.202 e. The molecule has 0 aliphatic heterocycles. The van der Waals surface area contributed by atoms with E-state index in [1.54, 1.807) is 6.92 Å². The maximum Gasteiger partial charge on any atom is 0.202 e. The van der Waals surface area contributed by atoms with E-state index in [4.69, 9.17) is 9.90 Å². The Kier molecular flexibility index (Phi) is 33.4. The minimum Gasteiger partial charge on any atom is -0.397 e. The van der Waals surface area contributed by atoms with E-state index in [2.05, 4.69) is 12.2 Å². The molecular formula is C3H6O2S. The molecule has 1 N–H and O–H groups in total. The highest BCUT2D eigenvalue weighted by molar-refractivity contribution is 7.78. The van der Waals surface area contributed by atoms with Crippen molar-refractivity contribution in [2.24, 2.45) is 0 Å². The van der Waals surface area contributed by atoms with Crippen LogP contribution in [-0.2, 0) is 4.79 Å². The molecule has 0 atom stereocenters. The zero-order chi connectivity index (χ0) is 5.41. The predicted octanol–water partition coefficient (Wildman–Crippen LogP) is 0.250. The first-order valence-electron chi connectivity index (χ1n) is 1.43. The first-order valence-corrected chi connectivity index (χ1v) is 1.84. The van der Waals surface area contributed by atoms with Gasteiger partial charge in [0.25, 0.3) is 0 Å². The van der Waals surface area contributed by atoms with E-state index >= 15 is 0 Å². The van der Waals surface area contributed by atoms with Gasteiger partial charge in [0.05, 0.1) is 0 Å². The van der Waals surface area contributed by atoms with Crippen molar-refractivity contribution in [1.82, 2.24) is 0 Å². The number of aliphatic hydroxyl groups is 1. The summed E-state index contributed by atoms with van der Waals surface area (Å²) >= 11 is 3.59. The molecule has 0 heterocycles. The van der Waals surface area contributed by atoms with Gasteiger partial charge in [-0.2, -0.15) is 0 Å². The minimum atomic E-state index is 0.250. The van der Waals surface area contributed by atoms with Gasteiger partial charge >= 0.3 is 0 Å². The molecule has 0 unspecified atom stereocenters. The Morgan fingerprint density at radius 1 is 2.00 bits per heavy atom. The van der Waals surface area contributed by atoms with Crippen LogP contribution >= 0.6 is 12.2 Å². The summed E-state index contributed by atoms with van der Waals surface area (Å²) in [4.78, 5) is 8.50. The van der Waals surface area contributed by atoms with Crippen molar-refractivity contribution < 1.29 is 9.90 Å². The van der Waals surface area contributed by atoms with Crippen LogP contribution in [0.4, 0.5) is 0 Å². The van der Waals surface area contributed by atoms with Crippen LogP contribution in [-0.4, -0.2) is 16.9 Å². The Morgan fingerprint density at radius 3 is 2.00 bits per heavy atom. The molecule has 0 bridgehead atoms. The van der Waals surface area contributed by atoms with Gasteiger partial charge in [-0.3, -0.25) is 0 Å². The molecule has 36 valence electrons. The van der Waals surface area contributed by atoms with Crippen LogP contribution in [0, 0.1) is 0 Å². The average molecular weight is 106 g/mol. The lowest BCUT2D eigenvalue weighted by molar-refractivity contribution is 0.318. The number of thiocarbonyl (C=S) groups is 1. The van der Waals surface area contributed by atoms with Crippen molar-refractivity contribution in [3.8, 4) is 0 Å². The van der Waals surface area contributed by atoms with Crippen molar-refractivity contribution in [2.75, 3.05) is 6.61 Å². The fraction of sp³-hybridized carbons (Fsp3) is 0.667. The van der Waals surface area contributed by atoms with Crippen LogP contribution in [0.3, 0.4) is 0 Å². The highest BCUT2D eigenvalue weighted by Gasteiger charge is 1.34.